The summed E-state index contributed by atoms with van der Waals surface area (Å²) >= 11 is 0. The lowest BCUT2D eigenvalue weighted by atomic mass is 10.1. The molecule has 0 radical (unpaired) electrons. The molecule has 2 aliphatic rings. The van der Waals surface area contributed by atoms with Crippen LogP contribution in [0.2, 0.25) is 0 Å². The molecule has 0 atom stereocenters. The Morgan fingerprint density at radius 3 is 2.67 bits per heavy atom. The van der Waals surface area contributed by atoms with E-state index in [1.54, 1.807) is 20.1 Å². The number of hydrogen-bond acceptors (Lipinski definition) is 4. The number of nitrogens with one attached hydrogen (secondary N) is 1. The second-order valence-electron chi connectivity index (χ2n) is 7.35. The Morgan fingerprint density at radius 2 is 2.08 bits per heavy atom. The van der Waals surface area contributed by atoms with Gasteiger partial charge in [-0.3, -0.25) is 14.6 Å². The van der Waals surface area contributed by atoms with Crippen LogP contribution >= 0.6 is 0 Å². The fourth-order valence-corrected chi connectivity index (χ4v) is 3.72. The molecule has 0 unspecified atom stereocenters. The minimum atomic E-state index is -0.781. The van der Waals surface area contributed by atoms with Crippen molar-refractivity contribution < 1.29 is 14.0 Å². The van der Waals surface area contributed by atoms with E-state index in [0.717, 1.165) is 25.3 Å². The molecule has 6 heteroatoms. The highest BCUT2D eigenvalue weighted by atomic mass is 16.3. The van der Waals surface area contributed by atoms with Crippen molar-refractivity contribution in [2.45, 2.75) is 64.1 Å². The van der Waals surface area contributed by atoms with Gasteiger partial charge in [0.25, 0.3) is 5.91 Å². The molecule has 0 aromatic carbocycles. The first-order chi connectivity index (χ1) is 11.5. The van der Waals surface area contributed by atoms with Gasteiger partial charge in [-0.15, -0.1) is 0 Å². The van der Waals surface area contributed by atoms with Gasteiger partial charge in [-0.05, 0) is 45.2 Å². The molecule has 24 heavy (non-hydrogen) atoms. The summed E-state index contributed by atoms with van der Waals surface area (Å²) in [5.74, 6) is 0.837. The van der Waals surface area contributed by atoms with Gasteiger partial charge in [0.05, 0.1) is 12.8 Å². The first-order valence-corrected chi connectivity index (χ1v) is 8.88. The summed E-state index contributed by atoms with van der Waals surface area (Å²) in [6.07, 6.45) is 7.48. The maximum absolute atomic E-state index is 12.2. The lowest BCUT2D eigenvalue weighted by Gasteiger charge is -2.28. The van der Waals surface area contributed by atoms with E-state index >= 15 is 0 Å². The Labute approximate surface area is 143 Å². The smallest absolute Gasteiger partial charge is 0.325 e. The zero-order valence-electron chi connectivity index (χ0n) is 14.6. The maximum Gasteiger partial charge on any atom is 0.325 e. The number of furan rings is 1. The van der Waals surface area contributed by atoms with Crippen LogP contribution in [-0.4, -0.2) is 46.4 Å². The lowest BCUT2D eigenvalue weighted by molar-refractivity contribution is -0.130. The third-order valence-electron chi connectivity index (χ3n) is 5.05. The normalized spacial score (nSPS) is 21.0. The number of carbonyl (C=O) groups excluding carboxylic acids is 2. The molecule has 3 amide bonds. The van der Waals surface area contributed by atoms with Gasteiger partial charge in [0.15, 0.2) is 0 Å². The van der Waals surface area contributed by atoms with Gasteiger partial charge in [-0.25, -0.2) is 4.79 Å². The second kappa shape index (κ2) is 6.97. The molecule has 1 aromatic heterocycles. The molecule has 1 saturated carbocycles. The molecule has 1 aromatic rings. The van der Waals surface area contributed by atoms with E-state index < -0.39 is 5.54 Å². The number of carbonyl (C=O) groups is 2. The van der Waals surface area contributed by atoms with E-state index in [0.29, 0.717) is 12.6 Å². The Hall–Kier alpha value is -1.82. The summed E-state index contributed by atoms with van der Waals surface area (Å²) in [4.78, 5) is 28.0. The predicted octanol–water partition coefficient (Wildman–Crippen LogP) is 2.74. The quantitative estimate of drug-likeness (QED) is 0.779. The largest absolute Gasteiger partial charge is 0.468 e. The van der Waals surface area contributed by atoms with Gasteiger partial charge < -0.3 is 9.73 Å². The van der Waals surface area contributed by atoms with Crippen molar-refractivity contribution in [3.05, 3.63) is 24.2 Å². The van der Waals surface area contributed by atoms with Crippen molar-refractivity contribution in [2.24, 2.45) is 0 Å². The van der Waals surface area contributed by atoms with Crippen LogP contribution in [0.15, 0.2) is 22.8 Å². The van der Waals surface area contributed by atoms with E-state index in [9.17, 15) is 9.59 Å². The van der Waals surface area contributed by atoms with E-state index in [1.807, 2.05) is 12.1 Å². The molecule has 3 rings (SSSR count). The van der Waals surface area contributed by atoms with Crippen LogP contribution in [0.3, 0.4) is 0 Å². The van der Waals surface area contributed by atoms with Crippen molar-refractivity contribution in [3.63, 3.8) is 0 Å². The van der Waals surface area contributed by atoms with Crippen LogP contribution in [0.4, 0.5) is 4.79 Å². The summed E-state index contributed by atoms with van der Waals surface area (Å²) in [7, 11) is 0. The number of imide groups is 1. The summed E-state index contributed by atoms with van der Waals surface area (Å²) < 4.78 is 5.49. The summed E-state index contributed by atoms with van der Waals surface area (Å²) in [6, 6.07) is 4.22. The number of urea groups is 1. The fourth-order valence-electron chi connectivity index (χ4n) is 3.72. The van der Waals surface area contributed by atoms with E-state index in [-0.39, 0.29) is 11.9 Å². The van der Waals surface area contributed by atoms with Crippen molar-refractivity contribution >= 4 is 11.9 Å². The molecule has 1 N–H and O–H groups in total. The molecule has 1 saturated heterocycles. The van der Waals surface area contributed by atoms with E-state index in [4.69, 9.17) is 4.42 Å². The zero-order valence-corrected chi connectivity index (χ0v) is 14.6. The van der Waals surface area contributed by atoms with Gasteiger partial charge in [0.1, 0.15) is 11.3 Å². The van der Waals surface area contributed by atoms with Crippen molar-refractivity contribution in [3.8, 4) is 0 Å². The molecule has 6 nitrogen and oxygen atoms in total. The van der Waals surface area contributed by atoms with Crippen LogP contribution in [0.1, 0.15) is 51.7 Å². The number of hydrogen-bond donors (Lipinski definition) is 1. The molecular formula is C18H27N3O3. The van der Waals surface area contributed by atoms with Gasteiger partial charge in [0.2, 0.25) is 0 Å². The summed E-state index contributed by atoms with van der Waals surface area (Å²) in [5.41, 5.74) is -0.781. The second-order valence-corrected chi connectivity index (χ2v) is 7.35. The lowest BCUT2D eigenvalue weighted by Crippen LogP contribution is -2.41. The number of nitrogens with zero attached hydrogens (tertiary/aromatic N) is 2. The first-order valence-electron chi connectivity index (χ1n) is 8.88. The van der Waals surface area contributed by atoms with Gasteiger partial charge >= 0.3 is 6.03 Å². The molecule has 2 fully saturated rings. The van der Waals surface area contributed by atoms with Crippen LogP contribution < -0.4 is 5.32 Å². The first kappa shape index (κ1) is 17.0. The average molecular weight is 333 g/mol. The zero-order chi connectivity index (χ0) is 17.2. The van der Waals surface area contributed by atoms with Crippen LogP contribution in [-0.2, 0) is 11.3 Å². The van der Waals surface area contributed by atoms with Crippen molar-refractivity contribution in [1.82, 2.24) is 15.1 Å². The Kier molecular flexibility index (Phi) is 4.94. The molecule has 0 bridgehead atoms. The highest BCUT2D eigenvalue weighted by Crippen LogP contribution is 2.25. The fraction of sp³-hybridized carbons (Fsp3) is 0.667. The monoisotopic (exact) mass is 333 g/mol. The molecule has 1 aliphatic heterocycles. The van der Waals surface area contributed by atoms with Crippen molar-refractivity contribution in [2.75, 3.05) is 13.1 Å². The SMILES string of the molecule is CC1(C)NC(=O)N(CCCN(Cc2ccco2)C2CCCC2)C1=O. The van der Waals surface area contributed by atoms with Gasteiger partial charge in [-0.1, -0.05) is 12.8 Å². The average Bonchev–Trinajstić information content (AvgIpc) is 3.24. The van der Waals surface area contributed by atoms with Crippen LogP contribution in [0.5, 0.6) is 0 Å². The standard InChI is InChI=1S/C18H27N3O3/c1-18(2)16(22)21(17(23)19-18)11-6-10-20(14-7-3-4-8-14)13-15-9-5-12-24-15/h5,9,12,14H,3-4,6-8,10-11,13H2,1-2H3,(H,19,23). The van der Waals surface area contributed by atoms with Gasteiger partial charge in [0, 0.05) is 19.1 Å². The van der Waals surface area contributed by atoms with Crippen molar-refractivity contribution in [1.29, 1.82) is 0 Å². The predicted molar refractivity (Wildman–Crippen MR) is 90.3 cm³/mol. The van der Waals surface area contributed by atoms with Gasteiger partial charge in [-0.2, -0.15) is 0 Å². The van der Waals surface area contributed by atoms with E-state index in [1.165, 1.54) is 30.6 Å². The topological polar surface area (TPSA) is 65.8 Å². The van der Waals surface area contributed by atoms with E-state index in [2.05, 4.69) is 10.2 Å². The third-order valence-corrected chi connectivity index (χ3v) is 5.05. The van der Waals surface area contributed by atoms with Crippen LogP contribution in [0, 0.1) is 0 Å². The Morgan fingerprint density at radius 1 is 1.33 bits per heavy atom. The highest BCUT2D eigenvalue weighted by Gasteiger charge is 2.43. The number of rotatable bonds is 7. The summed E-state index contributed by atoms with van der Waals surface area (Å²) in [5, 5.41) is 2.73. The molecule has 1 aliphatic carbocycles. The highest BCUT2D eigenvalue weighted by molar-refractivity contribution is 6.06. The maximum atomic E-state index is 12.2. The molecule has 132 valence electrons. The summed E-state index contributed by atoms with van der Waals surface area (Å²) in [6.45, 7) is 5.62. The third kappa shape index (κ3) is 3.64. The van der Waals surface area contributed by atoms with Crippen LogP contribution in [0.25, 0.3) is 0 Å². The minimum absolute atomic E-state index is 0.133. The number of amides is 3. The minimum Gasteiger partial charge on any atom is -0.468 e. The molecule has 2 heterocycles. The molecule has 0 spiro atoms. The Bertz CT molecular complexity index is 576. The molecular weight excluding hydrogens is 306 g/mol. The Balaban J connectivity index is 1.55.